The molecule has 1 heterocycles. The molecule has 15 heavy (non-hydrogen) atoms. The number of aromatic amines is 1. The van der Waals surface area contributed by atoms with Crippen LogP contribution in [0.4, 0.5) is 0 Å². The molecule has 2 nitrogen and oxygen atoms in total. The third-order valence-electron chi connectivity index (χ3n) is 3.32. The standard InChI is InChI=1S/C13H14N2/c1-8-4-5-13(2,3)12-9(8)6-11-10(12)7-14-15-11/h4-7,15H,1-3H3. The summed E-state index contributed by atoms with van der Waals surface area (Å²) < 4.78 is 0. The Morgan fingerprint density at radius 1 is 1.33 bits per heavy atom. The van der Waals surface area contributed by atoms with E-state index in [-0.39, 0.29) is 5.41 Å². The van der Waals surface area contributed by atoms with Gasteiger partial charge in [0, 0.05) is 10.6 Å². The molecule has 0 radical (unpaired) electrons. The van der Waals surface area contributed by atoms with E-state index in [1.54, 1.807) is 0 Å². The highest BCUT2D eigenvalue weighted by Crippen LogP contribution is 2.40. The number of hydrogen-bond acceptors (Lipinski definition) is 1. The monoisotopic (exact) mass is 198 g/mol. The minimum Gasteiger partial charge on any atom is -0.278 e. The summed E-state index contributed by atoms with van der Waals surface area (Å²) in [5.41, 5.74) is 4.23. The second-order valence-electron chi connectivity index (χ2n) is 4.87. The van der Waals surface area contributed by atoms with Crippen molar-refractivity contribution < 1.29 is 0 Å². The molecule has 0 atom stereocenters. The largest absolute Gasteiger partial charge is 0.278 e. The molecule has 0 bridgehead atoms. The molecule has 3 rings (SSSR count). The molecule has 0 saturated heterocycles. The third kappa shape index (κ3) is 1.02. The van der Waals surface area contributed by atoms with Gasteiger partial charge in [-0.3, -0.25) is 5.10 Å². The number of H-pyrrole nitrogens is 1. The van der Waals surface area contributed by atoms with Crippen LogP contribution in [0.25, 0.3) is 11.6 Å². The van der Waals surface area contributed by atoms with Gasteiger partial charge in [0.2, 0.25) is 0 Å². The van der Waals surface area contributed by atoms with Crippen LogP contribution in [0.2, 0.25) is 0 Å². The summed E-state index contributed by atoms with van der Waals surface area (Å²) in [6, 6.07) is 0. The average molecular weight is 198 g/mol. The van der Waals surface area contributed by atoms with Crippen LogP contribution in [0.3, 0.4) is 0 Å². The van der Waals surface area contributed by atoms with Crippen LogP contribution in [0.15, 0.2) is 29.5 Å². The molecule has 0 aliphatic heterocycles. The van der Waals surface area contributed by atoms with Gasteiger partial charge in [-0.1, -0.05) is 26.0 Å². The predicted octanol–water partition coefficient (Wildman–Crippen LogP) is 1.27. The van der Waals surface area contributed by atoms with Gasteiger partial charge in [-0.05, 0) is 29.7 Å². The first kappa shape index (κ1) is 8.72. The quantitative estimate of drug-likeness (QED) is 0.668. The number of fused-ring (bicyclic) bond motifs is 2. The minimum absolute atomic E-state index is 0.112. The molecule has 2 heteroatoms. The van der Waals surface area contributed by atoms with E-state index in [2.05, 4.69) is 49.2 Å². The predicted molar refractivity (Wildman–Crippen MR) is 61.3 cm³/mol. The topological polar surface area (TPSA) is 28.7 Å². The molecule has 2 aliphatic rings. The van der Waals surface area contributed by atoms with Crippen LogP contribution >= 0.6 is 0 Å². The first-order valence-electron chi connectivity index (χ1n) is 5.26. The SMILES string of the molecule is CC1=C2C=c3[nH]ncc3=C2C(C)(C)C=C1. The van der Waals surface area contributed by atoms with Crippen LogP contribution in [0.1, 0.15) is 20.8 Å². The zero-order chi connectivity index (χ0) is 10.6. The van der Waals surface area contributed by atoms with E-state index in [9.17, 15) is 0 Å². The summed E-state index contributed by atoms with van der Waals surface area (Å²) >= 11 is 0. The van der Waals surface area contributed by atoms with E-state index in [4.69, 9.17) is 0 Å². The van der Waals surface area contributed by atoms with Gasteiger partial charge in [0.15, 0.2) is 0 Å². The molecule has 0 saturated carbocycles. The van der Waals surface area contributed by atoms with Crippen LogP contribution in [0, 0.1) is 5.41 Å². The van der Waals surface area contributed by atoms with Crippen molar-refractivity contribution in [1.82, 2.24) is 10.2 Å². The van der Waals surface area contributed by atoms with Crippen molar-refractivity contribution in [3.63, 3.8) is 0 Å². The smallest absolute Gasteiger partial charge is 0.0659 e. The molecule has 76 valence electrons. The Morgan fingerprint density at radius 3 is 2.93 bits per heavy atom. The lowest BCUT2D eigenvalue weighted by molar-refractivity contribution is 0.642. The maximum Gasteiger partial charge on any atom is 0.0659 e. The summed E-state index contributed by atoms with van der Waals surface area (Å²) in [7, 11) is 0. The molecule has 1 aromatic rings. The summed E-state index contributed by atoms with van der Waals surface area (Å²) in [5, 5.41) is 9.56. The second kappa shape index (κ2) is 2.51. The zero-order valence-corrected chi connectivity index (χ0v) is 9.26. The molecule has 0 fully saturated rings. The summed E-state index contributed by atoms with van der Waals surface area (Å²) in [6.45, 7) is 6.67. The van der Waals surface area contributed by atoms with Gasteiger partial charge in [-0.15, -0.1) is 0 Å². The van der Waals surface area contributed by atoms with Crippen molar-refractivity contribution in [3.05, 3.63) is 40.1 Å². The summed E-state index contributed by atoms with van der Waals surface area (Å²) in [6.07, 6.45) is 8.63. The Labute approximate surface area is 88.7 Å². The molecule has 0 aromatic carbocycles. The van der Waals surface area contributed by atoms with Crippen molar-refractivity contribution >= 4 is 11.6 Å². The lowest BCUT2D eigenvalue weighted by Gasteiger charge is -2.28. The van der Waals surface area contributed by atoms with Gasteiger partial charge < -0.3 is 0 Å². The van der Waals surface area contributed by atoms with Crippen molar-refractivity contribution in [2.45, 2.75) is 20.8 Å². The Bertz CT molecular complexity index is 609. The number of allylic oxidation sites excluding steroid dienone is 4. The first-order valence-corrected chi connectivity index (χ1v) is 5.26. The Kier molecular flexibility index (Phi) is 1.46. The molecular weight excluding hydrogens is 184 g/mol. The number of hydrogen-bond donors (Lipinski definition) is 1. The van der Waals surface area contributed by atoms with E-state index >= 15 is 0 Å². The maximum atomic E-state index is 4.10. The van der Waals surface area contributed by atoms with Gasteiger partial charge in [-0.25, -0.2) is 0 Å². The first-order chi connectivity index (χ1) is 7.09. The highest BCUT2D eigenvalue weighted by atomic mass is 15.1. The van der Waals surface area contributed by atoms with Gasteiger partial charge in [0.1, 0.15) is 0 Å². The number of aromatic nitrogens is 2. The third-order valence-corrected chi connectivity index (χ3v) is 3.32. The molecule has 2 aliphatic carbocycles. The Hall–Kier alpha value is -1.57. The Balaban J connectivity index is 2.48. The van der Waals surface area contributed by atoms with E-state index in [0.717, 1.165) is 5.35 Å². The molecule has 0 unspecified atom stereocenters. The van der Waals surface area contributed by atoms with E-state index in [0.29, 0.717) is 0 Å². The second-order valence-corrected chi connectivity index (χ2v) is 4.87. The van der Waals surface area contributed by atoms with Crippen molar-refractivity contribution in [3.8, 4) is 0 Å². The number of rotatable bonds is 0. The van der Waals surface area contributed by atoms with Crippen LogP contribution in [0.5, 0.6) is 0 Å². The van der Waals surface area contributed by atoms with Crippen LogP contribution < -0.4 is 10.6 Å². The van der Waals surface area contributed by atoms with Crippen LogP contribution in [-0.4, -0.2) is 10.2 Å². The van der Waals surface area contributed by atoms with Gasteiger partial charge in [0.25, 0.3) is 0 Å². The highest BCUT2D eigenvalue weighted by Gasteiger charge is 2.29. The lowest BCUT2D eigenvalue weighted by Crippen LogP contribution is -2.25. The highest BCUT2D eigenvalue weighted by molar-refractivity contribution is 5.87. The Morgan fingerprint density at radius 2 is 2.13 bits per heavy atom. The van der Waals surface area contributed by atoms with Gasteiger partial charge >= 0.3 is 0 Å². The van der Waals surface area contributed by atoms with Crippen LogP contribution in [-0.2, 0) is 0 Å². The number of nitrogens with one attached hydrogen (secondary N) is 1. The molecular formula is C13H14N2. The fourth-order valence-corrected chi connectivity index (χ4v) is 2.48. The average Bonchev–Trinajstić information content (AvgIpc) is 2.70. The summed E-state index contributed by atoms with van der Waals surface area (Å²) in [5.74, 6) is 0. The maximum absolute atomic E-state index is 4.10. The lowest BCUT2D eigenvalue weighted by atomic mass is 9.75. The van der Waals surface area contributed by atoms with Crippen molar-refractivity contribution in [1.29, 1.82) is 0 Å². The fourth-order valence-electron chi connectivity index (χ4n) is 2.48. The van der Waals surface area contributed by atoms with E-state index < -0.39 is 0 Å². The van der Waals surface area contributed by atoms with Gasteiger partial charge in [0.05, 0.1) is 11.5 Å². The van der Waals surface area contributed by atoms with Gasteiger partial charge in [-0.2, -0.15) is 5.10 Å². The molecule has 0 spiro atoms. The van der Waals surface area contributed by atoms with E-state index in [1.807, 2.05) is 6.20 Å². The summed E-state index contributed by atoms with van der Waals surface area (Å²) in [4.78, 5) is 0. The normalized spacial score (nSPS) is 21.4. The minimum atomic E-state index is 0.112. The zero-order valence-electron chi connectivity index (χ0n) is 9.26. The molecule has 0 amide bonds. The molecule has 1 N–H and O–H groups in total. The van der Waals surface area contributed by atoms with Crippen molar-refractivity contribution in [2.75, 3.05) is 0 Å². The number of nitrogens with zero attached hydrogens (tertiary/aromatic N) is 1. The van der Waals surface area contributed by atoms with Crippen molar-refractivity contribution in [2.24, 2.45) is 5.41 Å². The molecule has 1 aromatic heterocycles. The fraction of sp³-hybridized carbons (Fsp3) is 0.308. The van der Waals surface area contributed by atoms with E-state index in [1.165, 1.54) is 21.9 Å².